The number of nitrogens with zero attached hydrogens (tertiary/aromatic N) is 4. The van der Waals surface area contributed by atoms with Crippen LogP contribution in [0.2, 0.25) is 0 Å². The molecule has 0 bridgehead atoms. The van der Waals surface area contributed by atoms with Gasteiger partial charge in [-0.15, -0.1) is 24.8 Å². The maximum Gasteiger partial charge on any atom is 0.223 e. The van der Waals surface area contributed by atoms with Gasteiger partial charge in [0.2, 0.25) is 11.0 Å². The van der Waals surface area contributed by atoms with E-state index in [9.17, 15) is 4.79 Å². The lowest BCUT2D eigenvalue weighted by Crippen LogP contribution is -2.42. The smallest absolute Gasteiger partial charge is 0.223 e. The molecule has 2 fully saturated rings. The number of carbonyl (C=O) groups excluding carboxylic acids is 1. The molecule has 9 heteroatoms. The Morgan fingerprint density at radius 3 is 2.48 bits per heavy atom. The first-order chi connectivity index (χ1) is 12.2. The van der Waals surface area contributed by atoms with E-state index in [-0.39, 0.29) is 30.2 Å². The zero-order chi connectivity index (χ0) is 17.7. The Morgan fingerprint density at radius 2 is 1.85 bits per heavy atom. The fourth-order valence-corrected chi connectivity index (χ4v) is 4.86. The Balaban J connectivity index is 0.00000182. The molecule has 0 atom stereocenters. The summed E-state index contributed by atoms with van der Waals surface area (Å²) < 4.78 is 4.39. The van der Waals surface area contributed by atoms with E-state index in [1.54, 1.807) is 0 Å². The van der Waals surface area contributed by atoms with Crippen LogP contribution in [0.5, 0.6) is 0 Å². The molecule has 0 spiro atoms. The van der Waals surface area contributed by atoms with Gasteiger partial charge in [0.1, 0.15) is 5.82 Å². The fourth-order valence-electron chi connectivity index (χ4n) is 4.06. The molecule has 2 aliphatic rings. The van der Waals surface area contributed by atoms with Crippen molar-refractivity contribution in [3.8, 4) is 0 Å². The number of aromatic nitrogens is 2. The minimum absolute atomic E-state index is 0. The van der Waals surface area contributed by atoms with E-state index in [4.69, 9.17) is 5.73 Å². The first kappa shape index (κ1) is 24.4. The molecule has 1 aliphatic carbocycles. The largest absolute Gasteiger partial charge is 0.345 e. The number of hydrogen-bond acceptors (Lipinski definition) is 6. The summed E-state index contributed by atoms with van der Waals surface area (Å²) in [6.07, 6.45) is 8.43. The van der Waals surface area contributed by atoms with Gasteiger partial charge in [-0.25, -0.2) is 4.98 Å². The van der Waals surface area contributed by atoms with Gasteiger partial charge in [0.15, 0.2) is 0 Å². The monoisotopic (exact) mass is 437 g/mol. The van der Waals surface area contributed by atoms with E-state index < -0.39 is 0 Å². The topological polar surface area (TPSA) is 75.4 Å². The van der Waals surface area contributed by atoms with Gasteiger partial charge < -0.3 is 15.5 Å². The summed E-state index contributed by atoms with van der Waals surface area (Å²) in [6.45, 7) is 6.14. The third kappa shape index (κ3) is 6.17. The van der Waals surface area contributed by atoms with Crippen LogP contribution in [0.15, 0.2) is 0 Å². The number of halogens is 2. The predicted molar refractivity (Wildman–Crippen MR) is 116 cm³/mol. The number of hydrogen-bond donors (Lipinski definition) is 1. The lowest BCUT2D eigenvalue weighted by molar-refractivity contribution is -0.134. The Morgan fingerprint density at radius 1 is 1.11 bits per heavy atom. The molecular formula is C18H33Cl2N5OS. The van der Waals surface area contributed by atoms with Crippen LogP contribution >= 0.6 is 36.3 Å². The lowest BCUT2D eigenvalue weighted by Gasteiger charge is -2.37. The SMILES string of the molecule is CCc1nsc(N2CCCN(C(=O)CC3(CN)CCCCC3)CC2)n1.Cl.Cl. The van der Waals surface area contributed by atoms with Crippen LogP contribution < -0.4 is 10.6 Å². The molecule has 0 radical (unpaired) electrons. The highest BCUT2D eigenvalue weighted by molar-refractivity contribution is 7.09. The first-order valence-electron chi connectivity index (χ1n) is 9.71. The highest BCUT2D eigenvalue weighted by atomic mass is 35.5. The van der Waals surface area contributed by atoms with Crippen LogP contribution in [-0.4, -0.2) is 52.9 Å². The molecule has 0 unspecified atom stereocenters. The van der Waals surface area contributed by atoms with Crippen LogP contribution in [-0.2, 0) is 11.2 Å². The van der Waals surface area contributed by atoms with Gasteiger partial charge in [-0.2, -0.15) is 4.37 Å². The van der Waals surface area contributed by atoms with E-state index >= 15 is 0 Å². The quantitative estimate of drug-likeness (QED) is 0.764. The summed E-state index contributed by atoms with van der Waals surface area (Å²) in [7, 11) is 0. The summed E-state index contributed by atoms with van der Waals surface area (Å²) in [5.74, 6) is 1.21. The van der Waals surface area contributed by atoms with E-state index in [0.717, 1.165) is 62.8 Å². The standard InChI is InChI=1S/C18H31N5OS.2ClH/c1-2-15-20-17(25-21-15)23-10-6-9-22(11-12-23)16(24)13-18(14-19)7-4-3-5-8-18;;/h2-14,19H2,1H3;2*1H. The van der Waals surface area contributed by atoms with E-state index in [0.29, 0.717) is 18.9 Å². The maximum atomic E-state index is 12.9. The van der Waals surface area contributed by atoms with Crippen molar-refractivity contribution in [2.45, 2.75) is 58.3 Å². The van der Waals surface area contributed by atoms with Gasteiger partial charge in [-0.3, -0.25) is 4.79 Å². The van der Waals surface area contributed by atoms with Crippen LogP contribution in [0, 0.1) is 5.41 Å². The van der Waals surface area contributed by atoms with Crippen molar-refractivity contribution in [1.29, 1.82) is 0 Å². The first-order valence-corrected chi connectivity index (χ1v) is 10.5. The van der Waals surface area contributed by atoms with Crippen LogP contribution in [0.3, 0.4) is 0 Å². The van der Waals surface area contributed by atoms with Gasteiger partial charge in [-0.05, 0) is 31.2 Å². The average Bonchev–Trinajstić information content (AvgIpc) is 2.99. The molecule has 2 N–H and O–H groups in total. The number of anilines is 1. The minimum atomic E-state index is 0. The van der Waals surface area contributed by atoms with Crippen molar-refractivity contribution in [1.82, 2.24) is 14.3 Å². The van der Waals surface area contributed by atoms with Gasteiger partial charge in [0.05, 0.1) is 0 Å². The molecule has 1 saturated heterocycles. The maximum absolute atomic E-state index is 12.9. The molecule has 0 aromatic carbocycles. The average molecular weight is 438 g/mol. The predicted octanol–water partition coefficient (Wildman–Crippen LogP) is 3.28. The number of aryl methyl sites for hydroxylation is 1. The summed E-state index contributed by atoms with van der Waals surface area (Å²) in [5, 5.41) is 0.997. The Bertz CT molecular complexity index is 580. The molecule has 1 aliphatic heterocycles. The fraction of sp³-hybridized carbons (Fsp3) is 0.833. The molecule has 2 heterocycles. The number of carbonyl (C=O) groups is 1. The van der Waals surface area contributed by atoms with E-state index in [1.807, 2.05) is 4.90 Å². The van der Waals surface area contributed by atoms with Crippen molar-refractivity contribution in [3.63, 3.8) is 0 Å². The van der Waals surface area contributed by atoms with Gasteiger partial charge in [0.25, 0.3) is 0 Å². The van der Waals surface area contributed by atoms with Crippen molar-refractivity contribution in [3.05, 3.63) is 5.82 Å². The summed E-state index contributed by atoms with van der Waals surface area (Å²) in [6, 6.07) is 0. The van der Waals surface area contributed by atoms with E-state index in [1.165, 1.54) is 30.8 Å². The summed E-state index contributed by atoms with van der Waals surface area (Å²) in [5.41, 5.74) is 6.12. The van der Waals surface area contributed by atoms with Gasteiger partial charge in [-0.1, -0.05) is 26.2 Å². The minimum Gasteiger partial charge on any atom is -0.345 e. The number of amides is 1. The van der Waals surface area contributed by atoms with Crippen LogP contribution in [0.25, 0.3) is 0 Å². The summed E-state index contributed by atoms with van der Waals surface area (Å²) in [4.78, 5) is 21.8. The third-order valence-corrected chi connectivity index (χ3v) is 6.58. The molecule has 1 amide bonds. The van der Waals surface area contributed by atoms with Crippen molar-refractivity contribution in [2.24, 2.45) is 11.1 Å². The van der Waals surface area contributed by atoms with Crippen LogP contribution in [0.1, 0.15) is 57.7 Å². The second kappa shape index (κ2) is 11.4. The molecule has 156 valence electrons. The second-order valence-electron chi connectivity index (χ2n) is 7.51. The molecule has 6 nitrogen and oxygen atoms in total. The number of rotatable bonds is 5. The van der Waals surface area contributed by atoms with Gasteiger partial charge in [0, 0.05) is 50.6 Å². The zero-order valence-corrected chi connectivity index (χ0v) is 18.6. The molecular weight excluding hydrogens is 405 g/mol. The van der Waals surface area contributed by atoms with Crippen LogP contribution in [0.4, 0.5) is 5.13 Å². The molecule has 27 heavy (non-hydrogen) atoms. The molecule has 1 aromatic rings. The second-order valence-corrected chi connectivity index (χ2v) is 8.24. The highest BCUT2D eigenvalue weighted by Gasteiger charge is 2.34. The lowest BCUT2D eigenvalue weighted by atomic mass is 9.71. The van der Waals surface area contributed by atoms with E-state index in [2.05, 4.69) is 21.2 Å². The third-order valence-electron chi connectivity index (χ3n) is 5.77. The molecule has 1 saturated carbocycles. The Labute approximate surface area is 179 Å². The molecule has 1 aromatic heterocycles. The zero-order valence-electron chi connectivity index (χ0n) is 16.2. The highest BCUT2D eigenvalue weighted by Crippen LogP contribution is 2.38. The number of nitrogens with two attached hydrogens (primary N) is 1. The Hall–Kier alpha value is -0.630. The van der Waals surface area contributed by atoms with Crippen molar-refractivity contribution < 1.29 is 4.79 Å². The normalized spacial score (nSPS) is 19.6. The molecule has 3 rings (SSSR count). The summed E-state index contributed by atoms with van der Waals surface area (Å²) >= 11 is 1.48. The van der Waals surface area contributed by atoms with Crippen molar-refractivity contribution >= 4 is 47.4 Å². The Kier molecular flexibility index (Phi) is 10.3. The van der Waals surface area contributed by atoms with Crippen molar-refractivity contribution in [2.75, 3.05) is 37.6 Å². The van der Waals surface area contributed by atoms with Gasteiger partial charge >= 0.3 is 0 Å².